The number of alkyl halides is 6. The van der Waals surface area contributed by atoms with E-state index in [1.54, 1.807) is 0 Å². The van der Waals surface area contributed by atoms with Gasteiger partial charge in [-0.15, -0.1) is 9.36 Å². The van der Waals surface area contributed by atoms with E-state index in [9.17, 15) is 65.9 Å². The number of hydrogen-bond donors (Lipinski definition) is 4. The highest BCUT2D eigenvalue weighted by atomic mass is 19.4. The summed E-state index contributed by atoms with van der Waals surface area (Å²) in [6.45, 7) is 0. The van der Waals surface area contributed by atoms with Crippen LogP contribution >= 0.6 is 0 Å². The van der Waals surface area contributed by atoms with Gasteiger partial charge in [-0.25, -0.2) is 24.2 Å². The van der Waals surface area contributed by atoms with E-state index in [4.69, 9.17) is 0 Å². The maximum Gasteiger partial charge on any atom is 0.583 e. The molecule has 16 nitrogen and oxygen atoms in total. The molecule has 6 aromatic heterocycles. The first-order chi connectivity index (χ1) is 25.8. The van der Waals surface area contributed by atoms with Crippen molar-refractivity contribution in [1.29, 1.82) is 0 Å². The molecule has 0 spiro atoms. The summed E-state index contributed by atoms with van der Waals surface area (Å²) in [5, 5.41) is 46.9. The van der Waals surface area contributed by atoms with Gasteiger partial charge in [0.1, 0.15) is 5.69 Å². The summed E-state index contributed by atoms with van der Waals surface area (Å²) in [5.74, 6) is -8.71. The minimum absolute atomic E-state index is 0.199. The van der Waals surface area contributed by atoms with E-state index >= 15 is 0 Å². The molecule has 2 aliphatic rings. The number of carboxylic acid groups (broad SMARTS) is 4. The SMILES string of the molecule is O=C(O)c1ccnc(-c2cc(C(=O)O)cc(-c3cc(C(F)(F)F)nn3C34n5nc(C(F)(F)F)cc5-c5cc(C(=O)O)cc([n+]53)-c3cc(C(=O)O)cc[n+]34)n2)c1. The Bertz CT molecular complexity index is 2740. The van der Waals surface area contributed by atoms with Crippen molar-refractivity contribution >= 4 is 23.9 Å². The zero-order valence-corrected chi connectivity index (χ0v) is 26.7. The monoisotopic (exact) mass is 766 g/mol. The zero-order valence-electron chi connectivity index (χ0n) is 26.7. The van der Waals surface area contributed by atoms with E-state index in [1.165, 1.54) is 0 Å². The van der Waals surface area contributed by atoms with Gasteiger partial charge in [0.25, 0.3) is 11.4 Å². The third-order valence-electron chi connectivity index (χ3n) is 8.84. The van der Waals surface area contributed by atoms with Crippen LogP contribution in [0.2, 0.25) is 0 Å². The Kier molecular flexibility index (Phi) is 7.06. The van der Waals surface area contributed by atoms with E-state index in [0.29, 0.717) is 21.5 Å². The van der Waals surface area contributed by atoms with Crippen LogP contribution in [0.15, 0.2) is 73.1 Å². The van der Waals surface area contributed by atoms with Crippen molar-refractivity contribution in [2.24, 2.45) is 0 Å². The molecule has 0 saturated heterocycles. The van der Waals surface area contributed by atoms with Gasteiger partial charge in [0.05, 0.1) is 39.3 Å². The lowest BCUT2D eigenvalue weighted by molar-refractivity contribution is -0.969. The summed E-state index contributed by atoms with van der Waals surface area (Å²) in [4.78, 5) is 56.8. The molecule has 0 fully saturated rings. The van der Waals surface area contributed by atoms with Crippen molar-refractivity contribution < 1.29 is 75.1 Å². The van der Waals surface area contributed by atoms with Gasteiger partial charge in [0, 0.05) is 36.5 Å². The van der Waals surface area contributed by atoms with Gasteiger partial charge in [-0.2, -0.15) is 36.5 Å². The van der Waals surface area contributed by atoms with E-state index in [0.717, 1.165) is 70.1 Å². The second-order valence-corrected chi connectivity index (χ2v) is 12.0. The molecule has 6 aromatic rings. The largest absolute Gasteiger partial charge is 0.583 e. The van der Waals surface area contributed by atoms with Crippen LogP contribution in [0.25, 0.3) is 45.6 Å². The molecule has 8 rings (SSSR count). The molecule has 2 aliphatic heterocycles. The maximum absolute atomic E-state index is 14.7. The van der Waals surface area contributed by atoms with Crippen LogP contribution < -0.4 is 9.13 Å². The molecule has 8 heterocycles. The smallest absolute Gasteiger partial charge is 0.478 e. The number of halogens is 6. The molecule has 0 saturated carbocycles. The molecular formula is C33H16F6N8O8+2. The Labute approximate surface area is 299 Å². The first-order valence-electron chi connectivity index (χ1n) is 15.3. The molecule has 0 amide bonds. The molecule has 55 heavy (non-hydrogen) atoms. The first kappa shape index (κ1) is 34.6. The molecule has 22 heteroatoms. The number of aromatic carboxylic acids is 4. The summed E-state index contributed by atoms with van der Waals surface area (Å²) in [7, 11) is 0. The fraction of sp³-hybridized carbons (Fsp3) is 0.0909. The van der Waals surface area contributed by atoms with E-state index < -0.39 is 87.3 Å². The van der Waals surface area contributed by atoms with Crippen LogP contribution in [-0.4, -0.2) is 73.8 Å². The van der Waals surface area contributed by atoms with Crippen LogP contribution in [0, 0.1) is 0 Å². The lowest BCUT2D eigenvalue weighted by atomic mass is 10.1. The Morgan fingerprint density at radius 2 is 1.07 bits per heavy atom. The van der Waals surface area contributed by atoms with Gasteiger partial charge in [0.15, 0.2) is 23.3 Å². The highest BCUT2D eigenvalue weighted by Crippen LogP contribution is 2.44. The van der Waals surface area contributed by atoms with Gasteiger partial charge in [0.2, 0.25) is 5.69 Å². The number of fused-ring (bicyclic) bond motifs is 6. The van der Waals surface area contributed by atoms with Crippen molar-refractivity contribution in [2.75, 3.05) is 0 Å². The summed E-state index contributed by atoms with van der Waals surface area (Å²) in [5.41, 5.74) is -7.99. The van der Waals surface area contributed by atoms with Crippen molar-refractivity contribution in [3.63, 3.8) is 0 Å². The van der Waals surface area contributed by atoms with Gasteiger partial charge in [-0.3, -0.25) is 4.98 Å². The highest BCUT2D eigenvalue weighted by molar-refractivity contribution is 5.92. The topological polar surface area (TPSA) is 218 Å². The van der Waals surface area contributed by atoms with Crippen LogP contribution in [0.5, 0.6) is 0 Å². The van der Waals surface area contributed by atoms with Crippen LogP contribution in [0.4, 0.5) is 26.3 Å². The summed E-state index contributed by atoms with van der Waals surface area (Å²) in [6, 6.07) is 8.88. The van der Waals surface area contributed by atoms with Crippen LogP contribution in [0.1, 0.15) is 52.8 Å². The van der Waals surface area contributed by atoms with Gasteiger partial charge in [-0.1, -0.05) is 9.13 Å². The lowest BCUT2D eigenvalue weighted by Crippen LogP contribution is -2.76. The minimum Gasteiger partial charge on any atom is -0.478 e. The number of carboxylic acids is 4. The van der Waals surface area contributed by atoms with Crippen LogP contribution in [0.3, 0.4) is 0 Å². The first-order valence-corrected chi connectivity index (χ1v) is 15.3. The summed E-state index contributed by atoms with van der Waals surface area (Å²) < 4.78 is 90.2. The van der Waals surface area contributed by atoms with Crippen LogP contribution in [-0.2, 0) is 18.3 Å². The average Bonchev–Trinajstić information content (AvgIpc) is 3.89. The standard InChI is InChI=1S/C33H14F6N8O8/c34-31(35,36)25-11-20(19-7-15(29(52)53)6-18(41-19)17-5-13(27(48)49)1-3-40-17)46(42-25)33-44-4-2-14(28(50)51)8-21(44)22-9-16(30(54)55)10-23(45(22)33)24-12-26(32(37,38)39)43-47(24)33/h1-12H,(H2-2,48,49,50,51,52,53,54,55)/p+2. The number of rotatable bonds is 7. The normalized spacial score (nSPS) is 15.4. The molecule has 0 bridgehead atoms. The molecular weight excluding hydrogens is 750 g/mol. The lowest BCUT2D eigenvalue weighted by Gasteiger charge is -2.19. The molecule has 0 radical (unpaired) electrons. The molecule has 1 unspecified atom stereocenters. The van der Waals surface area contributed by atoms with Gasteiger partial charge in [-0.05, 0) is 30.3 Å². The van der Waals surface area contributed by atoms with Gasteiger partial charge < -0.3 is 20.4 Å². The van der Waals surface area contributed by atoms with Crippen molar-refractivity contribution in [3.05, 3.63) is 107 Å². The Morgan fingerprint density at radius 3 is 1.67 bits per heavy atom. The van der Waals surface area contributed by atoms with E-state index in [1.807, 2.05) is 0 Å². The van der Waals surface area contributed by atoms with Crippen molar-refractivity contribution in [2.45, 2.75) is 18.3 Å². The predicted octanol–water partition coefficient (Wildman–Crippen LogP) is 3.78. The Morgan fingerprint density at radius 1 is 0.582 bits per heavy atom. The number of nitrogens with zero attached hydrogens (tertiary/aromatic N) is 8. The fourth-order valence-electron chi connectivity index (χ4n) is 6.58. The Hall–Kier alpha value is -7.52. The predicted molar refractivity (Wildman–Crippen MR) is 164 cm³/mol. The third kappa shape index (κ3) is 5.01. The number of pyridine rings is 4. The summed E-state index contributed by atoms with van der Waals surface area (Å²) >= 11 is 0. The quantitative estimate of drug-likeness (QED) is 0.135. The molecule has 1 atom stereocenters. The van der Waals surface area contributed by atoms with Crippen molar-refractivity contribution in [1.82, 2.24) is 29.5 Å². The summed E-state index contributed by atoms with van der Waals surface area (Å²) in [6.07, 6.45) is -8.32. The fourth-order valence-corrected chi connectivity index (χ4v) is 6.58. The second kappa shape index (κ2) is 11.2. The molecule has 276 valence electrons. The maximum atomic E-state index is 14.7. The second-order valence-electron chi connectivity index (χ2n) is 12.0. The minimum atomic E-state index is -5.26. The zero-order chi connectivity index (χ0) is 39.5. The number of aromatic nitrogens is 8. The average molecular weight is 767 g/mol. The third-order valence-corrected chi connectivity index (χ3v) is 8.84. The molecule has 4 N–H and O–H groups in total. The Balaban J connectivity index is 1.53. The molecule has 0 aliphatic carbocycles. The molecule has 0 aromatic carbocycles. The van der Waals surface area contributed by atoms with Gasteiger partial charge >= 0.3 is 42.1 Å². The van der Waals surface area contributed by atoms with E-state index in [2.05, 4.69) is 20.2 Å². The number of hydrogen-bond acceptors (Lipinski definition) is 8. The van der Waals surface area contributed by atoms with Crippen molar-refractivity contribution in [3.8, 4) is 45.6 Å². The number of carbonyl (C=O) groups is 4. The highest BCUT2D eigenvalue weighted by Gasteiger charge is 2.73. The van der Waals surface area contributed by atoms with E-state index in [-0.39, 0.29) is 34.0 Å².